The van der Waals surface area contributed by atoms with Crippen LogP contribution in [0.25, 0.3) is 17.0 Å². The maximum atomic E-state index is 4.97. The highest BCUT2D eigenvalue weighted by molar-refractivity contribution is 6.14. The van der Waals surface area contributed by atoms with Crippen LogP contribution in [-0.2, 0) is 0 Å². The van der Waals surface area contributed by atoms with Crippen molar-refractivity contribution in [1.82, 2.24) is 4.98 Å². The Morgan fingerprint density at radius 2 is 1.48 bits per heavy atom. The molecule has 1 aromatic heterocycles. The molecule has 3 heterocycles. The van der Waals surface area contributed by atoms with Crippen molar-refractivity contribution >= 4 is 34.3 Å². The van der Waals surface area contributed by atoms with Crippen LogP contribution >= 0.6 is 0 Å². The summed E-state index contributed by atoms with van der Waals surface area (Å²) < 4.78 is 0. The van der Waals surface area contributed by atoms with Gasteiger partial charge in [-0.25, -0.2) is 9.99 Å². The molecule has 0 N–H and O–H groups in total. The number of aromatic nitrogens is 1. The van der Waals surface area contributed by atoms with Crippen LogP contribution < -0.4 is 9.91 Å². The van der Waals surface area contributed by atoms with Gasteiger partial charge in [0.15, 0.2) is 17.8 Å². The van der Waals surface area contributed by atoms with Crippen molar-refractivity contribution in [1.29, 1.82) is 0 Å². The normalized spacial score (nSPS) is 17.2. The van der Waals surface area contributed by atoms with E-state index in [1.54, 1.807) is 0 Å². The molecule has 1 atom stereocenters. The van der Waals surface area contributed by atoms with Gasteiger partial charge in [-0.1, -0.05) is 66.7 Å². The number of rotatable bonds is 2. The molecule has 0 fully saturated rings. The Balaban J connectivity index is 1.54. The molecule has 4 aromatic rings. The van der Waals surface area contributed by atoms with Crippen molar-refractivity contribution in [2.45, 2.75) is 6.17 Å². The van der Waals surface area contributed by atoms with Gasteiger partial charge >= 0.3 is 0 Å². The van der Waals surface area contributed by atoms with Crippen LogP contribution in [0.4, 0.5) is 11.5 Å². The van der Waals surface area contributed by atoms with E-state index in [0.717, 1.165) is 28.2 Å². The molecule has 0 saturated carbocycles. The van der Waals surface area contributed by atoms with Gasteiger partial charge in [0.2, 0.25) is 0 Å². The third kappa shape index (κ3) is 2.53. The highest BCUT2D eigenvalue weighted by Crippen LogP contribution is 2.42. The van der Waals surface area contributed by atoms with Gasteiger partial charge in [0, 0.05) is 5.39 Å². The summed E-state index contributed by atoms with van der Waals surface area (Å²) in [5.41, 5.74) is 4.50. The summed E-state index contributed by atoms with van der Waals surface area (Å²) in [5.74, 6) is 1.76. The number of fused-ring (bicyclic) bond motifs is 4. The molecule has 138 valence electrons. The van der Waals surface area contributed by atoms with E-state index in [1.165, 1.54) is 11.1 Å². The van der Waals surface area contributed by atoms with E-state index in [0.29, 0.717) is 0 Å². The number of nitrogens with zero attached hydrogens (tertiary/aromatic N) is 4. The average Bonchev–Trinajstić information content (AvgIpc) is 3.19. The van der Waals surface area contributed by atoms with Gasteiger partial charge in [0.1, 0.15) is 0 Å². The predicted molar refractivity (Wildman–Crippen MR) is 119 cm³/mol. The first-order valence-electron chi connectivity index (χ1n) is 9.73. The van der Waals surface area contributed by atoms with E-state index in [9.17, 15) is 0 Å². The van der Waals surface area contributed by atoms with Gasteiger partial charge in [0.25, 0.3) is 0 Å². The fourth-order valence-electron chi connectivity index (χ4n) is 4.10. The van der Waals surface area contributed by atoms with Crippen molar-refractivity contribution < 1.29 is 0 Å². The number of amidine groups is 1. The van der Waals surface area contributed by atoms with E-state index >= 15 is 0 Å². The van der Waals surface area contributed by atoms with Gasteiger partial charge in [-0.3, -0.25) is 4.90 Å². The lowest BCUT2D eigenvalue weighted by Gasteiger charge is -2.33. The predicted octanol–water partition coefficient (Wildman–Crippen LogP) is 5.60. The molecule has 2 aliphatic rings. The Bertz CT molecular complexity index is 1280. The third-order valence-corrected chi connectivity index (χ3v) is 5.46. The summed E-state index contributed by atoms with van der Waals surface area (Å²) in [4.78, 5) is 7.21. The summed E-state index contributed by atoms with van der Waals surface area (Å²) in [6.45, 7) is 0. The van der Waals surface area contributed by atoms with Crippen molar-refractivity contribution in [3.63, 3.8) is 0 Å². The molecule has 6 rings (SSSR count). The summed E-state index contributed by atoms with van der Waals surface area (Å²) in [7, 11) is 0. The minimum atomic E-state index is -0.0917. The van der Waals surface area contributed by atoms with Crippen LogP contribution in [0.15, 0.2) is 102 Å². The van der Waals surface area contributed by atoms with Crippen LogP contribution in [-0.4, -0.2) is 10.8 Å². The Kier molecular flexibility index (Phi) is 3.50. The van der Waals surface area contributed by atoms with Gasteiger partial charge in [-0.15, -0.1) is 0 Å². The first-order chi connectivity index (χ1) is 14.4. The molecule has 0 radical (unpaired) electrons. The molecular weight excluding hydrogens is 356 g/mol. The second kappa shape index (κ2) is 6.31. The summed E-state index contributed by atoms with van der Waals surface area (Å²) >= 11 is 0. The molecule has 2 aliphatic heterocycles. The Morgan fingerprint density at radius 1 is 0.690 bits per heavy atom. The van der Waals surface area contributed by atoms with Crippen LogP contribution in [0.3, 0.4) is 0 Å². The first-order valence-corrected chi connectivity index (χ1v) is 9.73. The lowest BCUT2D eigenvalue weighted by molar-refractivity contribution is 0.694. The summed E-state index contributed by atoms with van der Waals surface area (Å²) in [6, 6.07) is 31.3. The fourth-order valence-corrected chi connectivity index (χ4v) is 4.10. The number of hydrogen-bond donors (Lipinski definition) is 0. The molecule has 0 spiro atoms. The Hall–Kier alpha value is -3.92. The quantitative estimate of drug-likeness (QED) is 0.458. The summed E-state index contributed by atoms with van der Waals surface area (Å²) in [6.07, 6.45) is 4.12. The van der Waals surface area contributed by atoms with E-state index in [4.69, 9.17) is 10.1 Å². The minimum Gasteiger partial charge on any atom is -0.297 e. The highest BCUT2D eigenvalue weighted by atomic mass is 15.6. The number of hydrazone groups is 1. The SMILES string of the molecule is C1=Cc2ccccc2N2C1=NN(c1ccc3ccccc3n1)C2c1ccccc1. The number of anilines is 2. The number of benzene rings is 3. The molecule has 0 bridgehead atoms. The third-order valence-electron chi connectivity index (χ3n) is 5.46. The topological polar surface area (TPSA) is 31.7 Å². The molecule has 0 amide bonds. The second-order valence-electron chi connectivity index (χ2n) is 7.21. The Labute approximate surface area is 169 Å². The maximum Gasteiger partial charge on any atom is 0.157 e. The van der Waals surface area contributed by atoms with Crippen molar-refractivity contribution in [2.24, 2.45) is 5.10 Å². The van der Waals surface area contributed by atoms with Crippen LogP contribution in [0.1, 0.15) is 17.3 Å². The lowest BCUT2D eigenvalue weighted by Crippen LogP contribution is -2.36. The van der Waals surface area contributed by atoms with Gasteiger partial charge in [0.05, 0.1) is 11.2 Å². The van der Waals surface area contributed by atoms with Crippen LogP contribution in [0.5, 0.6) is 0 Å². The van der Waals surface area contributed by atoms with Crippen molar-refractivity contribution in [3.8, 4) is 0 Å². The zero-order valence-electron chi connectivity index (χ0n) is 15.7. The van der Waals surface area contributed by atoms with E-state index in [1.807, 2.05) is 29.3 Å². The van der Waals surface area contributed by atoms with Crippen LogP contribution in [0.2, 0.25) is 0 Å². The molecule has 0 aliphatic carbocycles. The molecule has 0 saturated heterocycles. The molecule has 4 heteroatoms. The smallest absolute Gasteiger partial charge is 0.157 e. The zero-order chi connectivity index (χ0) is 19.2. The monoisotopic (exact) mass is 374 g/mol. The fraction of sp³-hybridized carbons (Fsp3) is 0.0400. The maximum absolute atomic E-state index is 4.97. The number of hydrogen-bond acceptors (Lipinski definition) is 4. The van der Waals surface area contributed by atoms with E-state index < -0.39 is 0 Å². The molecule has 1 unspecified atom stereocenters. The molecule has 29 heavy (non-hydrogen) atoms. The van der Waals surface area contributed by atoms with E-state index in [2.05, 4.69) is 83.8 Å². The van der Waals surface area contributed by atoms with Gasteiger partial charge < -0.3 is 0 Å². The largest absolute Gasteiger partial charge is 0.297 e. The first kappa shape index (κ1) is 16.1. The minimum absolute atomic E-state index is 0.0917. The summed E-state index contributed by atoms with van der Waals surface area (Å²) in [5, 5.41) is 8.13. The zero-order valence-corrected chi connectivity index (χ0v) is 15.7. The van der Waals surface area contributed by atoms with Gasteiger partial charge in [-0.05, 0) is 47.5 Å². The highest BCUT2D eigenvalue weighted by Gasteiger charge is 2.38. The second-order valence-corrected chi connectivity index (χ2v) is 7.21. The van der Waals surface area contributed by atoms with E-state index in [-0.39, 0.29) is 6.17 Å². The lowest BCUT2D eigenvalue weighted by atomic mass is 10.0. The number of para-hydroxylation sites is 2. The van der Waals surface area contributed by atoms with Crippen molar-refractivity contribution in [2.75, 3.05) is 9.91 Å². The standard InChI is InChI=1S/C25H18N4/c1-2-10-20(11-3-1)25-28-22-13-7-5-9-19(22)15-17-24(28)27-29(25)23-16-14-18-8-4-6-12-21(18)26-23/h1-17,25H. The molecular formula is C25H18N4. The average molecular weight is 374 g/mol. The Morgan fingerprint density at radius 3 is 2.41 bits per heavy atom. The van der Waals surface area contributed by atoms with Crippen LogP contribution in [0, 0.1) is 0 Å². The van der Waals surface area contributed by atoms with Gasteiger partial charge in [-0.2, -0.15) is 5.10 Å². The number of pyridine rings is 1. The van der Waals surface area contributed by atoms with Crippen molar-refractivity contribution in [3.05, 3.63) is 108 Å². The molecule has 3 aromatic carbocycles. The molecule has 4 nitrogen and oxygen atoms in total.